The Kier molecular flexibility index (Phi) is 3.41. The Hall–Kier alpha value is -1.40. The summed E-state index contributed by atoms with van der Waals surface area (Å²) in [4.78, 5) is 7.68. The third-order valence-electron chi connectivity index (χ3n) is 1.44. The van der Waals surface area contributed by atoms with Crippen LogP contribution in [0.1, 0.15) is 0 Å². The summed E-state index contributed by atoms with van der Waals surface area (Å²) in [6.07, 6.45) is 2.15. The lowest BCUT2D eigenvalue weighted by atomic mass is 10.4. The maximum atomic E-state index is 9.01. The van der Waals surface area contributed by atoms with Crippen LogP contribution in [0.2, 0.25) is 0 Å². The van der Waals surface area contributed by atoms with Crippen LogP contribution < -0.4 is 11.1 Å². The van der Waals surface area contributed by atoms with Gasteiger partial charge in [0.2, 0.25) is 0 Å². The van der Waals surface area contributed by atoms with Gasteiger partial charge in [0.25, 0.3) is 0 Å². The highest BCUT2D eigenvalue weighted by atomic mass is 16.3. The summed E-state index contributed by atoms with van der Waals surface area (Å²) >= 11 is 0. The van der Waals surface area contributed by atoms with Crippen LogP contribution in [0.25, 0.3) is 0 Å². The third-order valence-corrected chi connectivity index (χ3v) is 1.44. The van der Waals surface area contributed by atoms with E-state index in [1.165, 1.54) is 12.4 Å². The highest BCUT2D eigenvalue weighted by Crippen LogP contribution is 2.08. The van der Waals surface area contributed by atoms with Crippen LogP contribution in [-0.2, 0) is 0 Å². The summed E-state index contributed by atoms with van der Waals surface area (Å²) < 4.78 is 0. The quantitative estimate of drug-likeness (QED) is 0.469. The number of aliphatic hydroxyl groups excluding tert-OH is 2. The minimum atomic E-state index is -0.818. The zero-order valence-corrected chi connectivity index (χ0v) is 7.01. The van der Waals surface area contributed by atoms with E-state index in [2.05, 4.69) is 15.3 Å². The number of aromatic nitrogens is 2. The van der Waals surface area contributed by atoms with E-state index < -0.39 is 6.10 Å². The van der Waals surface area contributed by atoms with Gasteiger partial charge in [0.15, 0.2) is 11.6 Å². The molecular formula is C7H12N4O2. The van der Waals surface area contributed by atoms with Gasteiger partial charge >= 0.3 is 0 Å². The smallest absolute Gasteiger partial charge is 0.169 e. The van der Waals surface area contributed by atoms with Crippen molar-refractivity contribution in [3.05, 3.63) is 12.4 Å². The SMILES string of the molecule is Nc1nccnc1NCC(O)CO. The van der Waals surface area contributed by atoms with Gasteiger partial charge in [-0.3, -0.25) is 0 Å². The molecule has 0 spiro atoms. The lowest BCUT2D eigenvalue weighted by molar-refractivity contribution is 0.105. The molecule has 72 valence electrons. The van der Waals surface area contributed by atoms with Crippen molar-refractivity contribution in [3.8, 4) is 0 Å². The first kappa shape index (κ1) is 9.69. The summed E-state index contributed by atoms with van der Waals surface area (Å²) in [5.41, 5.74) is 5.47. The Balaban J connectivity index is 2.50. The molecule has 1 heterocycles. The second-order valence-electron chi connectivity index (χ2n) is 2.51. The number of anilines is 2. The molecule has 1 atom stereocenters. The molecule has 1 unspecified atom stereocenters. The predicted molar refractivity (Wildman–Crippen MR) is 48.0 cm³/mol. The molecule has 6 nitrogen and oxygen atoms in total. The molecular weight excluding hydrogens is 172 g/mol. The van der Waals surface area contributed by atoms with Gasteiger partial charge in [-0.1, -0.05) is 0 Å². The first-order valence-corrected chi connectivity index (χ1v) is 3.83. The Morgan fingerprint density at radius 3 is 2.77 bits per heavy atom. The first-order chi connectivity index (χ1) is 6.24. The molecule has 0 aliphatic rings. The fourth-order valence-electron chi connectivity index (χ4n) is 0.764. The van der Waals surface area contributed by atoms with E-state index in [0.717, 1.165) is 0 Å². The van der Waals surface area contributed by atoms with E-state index in [-0.39, 0.29) is 19.0 Å². The Morgan fingerprint density at radius 2 is 2.15 bits per heavy atom. The Bertz CT molecular complexity index is 268. The summed E-state index contributed by atoms with van der Waals surface area (Å²) in [6, 6.07) is 0. The molecule has 0 fully saturated rings. The average Bonchev–Trinajstić information content (AvgIpc) is 2.16. The van der Waals surface area contributed by atoms with Gasteiger partial charge < -0.3 is 21.3 Å². The Labute approximate surface area is 75.4 Å². The number of hydrogen-bond acceptors (Lipinski definition) is 6. The van der Waals surface area contributed by atoms with Crippen molar-refractivity contribution >= 4 is 11.6 Å². The summed E-state index contributed by atoms with van der Waals surface area (Å²) in [7, 11) is 0. The van der Waals surface area contributed by atoms with Gasteiger partial charge in [-0.25, -0.2) is 9.97 Å². The molecule has 0 aromatic carbocycles. The van der Waals surface area contributed by atoms with Gasteiger partial charge in [0.05, 0.1) is 12.7 Å². The maximum Gasteiger partial charge on any atom is 0.169 e. The molecule has 1 aromatic rings. The fourth-order valence-corrected chi connectivity index (χ4v) is 0.764. The van der Waals surface area contributed by atoms with Gasteiger partial charge in [-0.15, -0.1) is 0 Å². The zero-order chi connectivity index (χ0) is 9.68. The number of nitrogens with one attached hydrogen (secondary N) is 1. The lowest BCUT2D eigenvalue weighted by Gasteiger charge is -2.09. The fraction of sp³-hybridized carbons (Fsp3) is 0.429. The minimum Gasteiger partial charge on any atom is -0.394 e. The van der Waals surface area contributed by atoms with Gasteiger partial charge in [0.1, 0.15) is 0 Å². The van der Waals surface area contributed by atoms with E-state index >= 15 is 0 Å². The number of nitrogens with two attached hydrogens (primary N) is 1. The zero-order valence-electron chi connectivity index (χ0n) is 7.01. The van der Waals surface area contributed by atoms with E-state index in [9.17, 15) is 0 Å². The van der Waals surface area contributed by atoms with Gasteiger partial charge in [0, 0.05) is 18.9 Å². The molecule has 1 rings (SSSR count). The van der Waals surface area contributed by atoms with Crippen molar-refractivity contribution in [2.24, 2.45) is 0 Å². The number of rotatable bonds is 4. The molecule has 0 saturated heterocycles. The molecule has 1 aromatic heterocycles. The number of hydrogen-bond donors (Lipinski definition) is 4. The summed E-state index contributed by atoms with van der Waals surface area (Å²) in [5.74, 6) is 0.683. The minimum absolute atomic E-state index is 0.194. The number of nitrogen functional groups attached to an aromatic ring is 1. The molecule has 0 radical (unpaired) electrons. The largest absolute Gasteiger partial charge is 0.394 e. The van der Waals surface area contributed by atoms with Crippen LogP contribution in [0.15, 0.2) is 12.4 Å². The van der Waals surface area contributed by atoms with Crippen LogP contribution >= 0.6 is 0 Å². The topological polar surface area (TPSA) is 104 Å². The van der Waals surface area contributed by atoms with Crippen LogP contribution in [0, 0.1) is 0 Å². The van der Waals surface area contributed by atoms with Crippen LogP contribution in [0.3, 0.4) is 0 Å². The van der Waals surface area contributed by atoms with Crippen molar-refractivity contribution in [1.29, 1.82) is 0 Å². The summed E-state index contributed by atoms with van der Waals surface area (Å²) in [6.45, 7) is -0.105. The van der Waals surface area contributed by atoms with Gasteiger partial charge in [-0.2, -0.15) is 0 Å². The molecule has 0 aliphatic heterocycles. The molecule has 0 aliphatic carbocycles. The number of nitrogens with zero attached hydrogens (tertiary/aromatic N) is 2. The monoisotopic (exact) mass is 184 g/mol. The van der Waals surface area contributed by atoms with E-state index in [1.807, 2.05) is 0 Å². The van der Waals surface area contributed by atoms with Crippen molar-refractivity contribution in [2.45, 2.75) is 6.10 Å². The highest BCUT2D eigenvalue weighted by molar-refractivity contribution is 5.54. The van der Waals surface area contributed by atoms with Gasteiger partial charge in [-0.05, 0) is 0 Å². The van der Waals surface area contributed by atoms with Crippen molar-refractivity contribution in [1.82, 2.24) is 9.97 Å². The second kappa shape index (κ2) is 4.58. The van der Waals surface area contributed by atoms with E-state index in [0.29, 0.717) is 5.82 Å². The lowest BCUT2D eigenvalue weighted by Crippen LogP contribution is -2.23. The predicted octanol–water partition coefficient (Wildman–Crippen LogP) is -1.18. The Morgan fingerprint density at radius 1 is 1.46 bits per heavy atom. The summed E-state index contributed by atoms with van der Waals surface area (Å²) in [5, 5.41) is 20.3. The standard InChI is InChI=1S/C7H12N4O2/c8-6-7(10-2-1-9-6)11-3-5(13)4-12/h1-2,5,12-13H,3-4H2,(H2,8,9)(H,10,11). The van der Waals surface area contributed by atoms with Crippen LogP contribution in [0.5, 0.6) is 0 Å². The van der Waals surface area contributed by atoms with E-state index in [4.69, 9.17) is 15.9 Å². The molecule has 13 heavy (non-hydrogen) atoms. The molecule has 0 amide bonds. The van der Waals surface area contributed by atoms with Crippen molar-refractivity contribution < 1.29 is 10.2 Å². The van der Waals surface area contributed by atoms with Crippen molar-refractivity contribution in [3.63, 3.8) is 0 Å². The molecule has 6 heteroatoms. The molecule has 0 bridgehead atoms. The van der Waals surface area contributed by atoms with Crippen LogP contribution in [0.4, 0.5) is 11.6 Å². The maximum absolute atomic E-state index is 9.01. The first-order valence-electron chi connectivity index (χ1n) is 3.83. The number of aliphatic hydroxyl groups is 2. The third kappa shape index (κ3) is 2.85. The second-order valence-corrected chi connectivity index (χ2v) is 2.51. The van der Waals surface area contributed by atoms with E-state index in [1.54, 1.807) is 0 Å². The van der Waals surface area contributed by atoms with Crippen molar-refractivity contribution in [2.75, 3.05) is 24.2 Å². The molecule has 5 N–H and O–H groups in total. The van der Waals surface area contributed by atoms with Crippen LogP contribution in [-0.4, -0.2) is 39.4 Å². The normalized spacial score (nSPS) is 12.5. The molecule has 0 saturated carbocycles. The average molecular weight is 184 g/mol. The highest BCUT2D eigenvalue weighted by Gasteiger charge is 2.04.